The lowest BCUT2D eigenvalue weighted by Gasteiger charge is -2.28. The van der Waals surface area contributed by atoms with Crippen LogP contribution >= 0.6 is 27.3 Å². The molecule has 2 aliphatic rings. The monoisotopic (exact) mass is 362 g/mol. The second kappa shape index (κ2) is 5.16. The highest BCUT2D eigenvalue weighted by molar-refractivity contribution is 9.11. The number of benzene rings is 1. The SMILES string of the molecule is NC1=CC(c2ccc(Br)s2)N(C2CCc3ccccc32)O1. The predicted octanol–water partition coefficient (Wildman–Crippen LogP) is 4.29. The molecule has 1 aromatic carbocycles. The molecule has 2 unspecified atom stereocenters. The summed E-state index contributed by atoms with van der Waals surface area (Å²) in [6.07, 6.45) is 4.17. The van der Waals surface area contributed by atoms with Crippen molar-refractivity contribution >= 4 is 27.3 Å². The fourth-order valence-electron chi connectivity index (χ4n) is 3.19. The third-order valence-corrected chi connectivity index (χ3v) is 5.80. The van der Waals surface area contributed by atoms with Crippen LogP contribution in [-0.4, -0.2) is 5.06 Å². The average Bonchev–Trinajstić information content (AvgIpc) is 3.16. The van der Waals surface area contributed by atoms with E-state index in [-0.39, 0.29) is 12.1 Å². The highest BCUT2D eigenvalue weighted by Crippen LogP contribution is 2.45. The minimum atomic E-state index is 0.0949. The Morgan fingerprint density at radius 3 is 2.90 bits per heavy atom. The van der Waals surface area contributed by atoms with Gasteiger partial charge in [0, 0.05) is 11.0 Å². The summed E-state index contributed by atoms with van der Waals surface area (Å²) < 4.78 is 1.13. The smallest absolute Gasteiger partial charge is 0.207 e. The lowest BCUT2D eigenvalue weighted by atomic mass is 10.1. The van der Waals surface area contributed by atoms with Crippen LogP contribution < -0.4 is 5.73 Å². The van der Waals surface area contributed by atoms with Crippen LogP contribution in [0.15, 0.2) is 52.1 Å². The second-order valence-corrected chi connectivity index (χ2v) is 7.85. The Kier molecular flexibility index (Phi) is 3.28. The number of fused-ring (bicyclic) bond motifs is 1. The van der Waals surface area contributed by atoms with Crippen molar-refractivity contribution in [3.05, 3.63) is 68.1 Å². The summed E-state index contributed by atoms with van der Waals surface area (Å²) in [5.41, 5.74) is 8.72. The molecular formula is C16H15BrN2OS. The Morgan fingerprint density at radius 1 is 1.24 bits per heavy atom. The average molecular weight is 363 g/mol. The summed E-state index contributed by atoms with van der Waals surface area (Å²) >= 11 is 5.26. The van der Waals surface area contributed by atoms with E-state index in [1.165, 1.54) is 16.0 Å². The number of rotatable bonds is 2. The number of aryl methyl sites for hydroxylation is 1. The first kappa shape index (κ1) is 13.4. The third-order valence-electron chi connectivity index (χ3n) is 4.10. The number of nitrogens with zero attached hydrogens (tertiary/aromatic N) is 1. The molecule has 0 saturated heterocycles. The van der Waals surface area contributed by atoms with Crippen molar-refractivity contribution in [3.8, 4) is 0 Å². The maximum absolute atomic E-state index is 5.94. The van der Waals surface area contributed by atoms with Gasteiger partial charge >= 0.3 is 0 Å². The molecule has 3 nitrogen and oxygen atoms in total. The largest absolute Gasteiger partial charge is 0.387 e. The number of hydroxylamine groups is 2. The maximum Gasteiger partial charge on any atom is 0.207 e. The normalized spacial score (nSPS) is 24.7. The van der Waals surface area contributed by atoms with Crippen molar-refractivity contribution in [1.29, 1.82) is 0 Å². The molecule has 2 aromatic rings. The van der Waals surface area contributed by atoms with Gasteiger partial charge in [0.25, 0.3) is 0 Å². The Balaban J connectivity index is 1.69. The minimum absolute atomic E-state index is 0.0949. The Hall–Kier alpha value is -1.30. The van der Waals surface area contributed by atoms with E-state index in [0.717, 1.165) is 16.6 Å². The van der Waals surface area contributed by atoms with Crippen molar-refractivity contribution in [2.75, 3.05) is 0 Å². The molecule has 1 aliphatic heterocycles. The van der Waals surface area contributed by atoms with E-state index in [2.05, 4.69) is 57.4 Å². The third kappa shape index (κ3) is 2.29. The van der Waals surface area contributed by atoms with E-state index in [9.17, 15) is 0 Å². The van der Waals surface area contributed by atoms with E-state index in [0.29, 0.717) is 5.88 Å². The lowest BCUT2D eigenvalue weighted by molar-refractivity contribution is -0.153. The highest BCUT2D eigenvalue weighted by atomic mass is 79.9. The van der Waals surface area contributed by atoms with Crippen LogP contribution in [0.3, 0.4) is 0 Å². The topological polar surface area (TPSA) is 38.5 Å². The van der Waals surface area contributed by atoms with Gasteiger partial charge in [-0.05, 0) is 52.0 Å². The standard InChI is InChI=1S/C16H15BrN2OS/c17-15-8-7-14(21-15)13-9-16(18)20-19(13)12-6-5-10-3-1-2-4-11(10)12/h1-4,7-9,12-13H,5-6,18H2. The molecule has 2 N–H and O–H groups in total. The van der Waals surface area contributed by atoms with Crippen LogP contribution in [0.25, 0.3) is 0 Å². The minimum Gasteiger partial charge on any atom is -0.387 e. The number of hydrogen-bond acceptors (Lipinski definition) is 4. The molecule has 4 rings (SSSR count). The highest BCUT2D eigenvalue weighted by Gasteiger charge is 2.38. The van der Waals surface area contributed by atoms with E-state index < -0.39 is 0 Å². The summed E-state index contributed by atoms with van der Waals surface area (Å²) in [6, 6.07) is 13.2. The first-order valence-electron chi connectivity index (χ1n) is 6.99. The number of thiophene rings is 1. The van der Waals surface area contributed by atoms with Crippen LogP contribution in [0.4, 0.5) is 0 Å². The van der Waals surface area contributed by atoms with E-state index >= 15 is 0 Å². The molecule has 108 valence electrons. The van der Waals surface area contributed by atoms with Crippen LogP contribution in [0, 0.1) is 0 Å². The van der Waals surface area contributed by atoms with Crippen molar-refractivity contribution < 1.29 is 4.84 Å². The second-order valence-electron chi connectivity index (χ2n) is 5.36. The number of nitrogens with two attached hydrogens (primary N) is 1. The zero-order valence-corrected chi connectivity index (χ0v) is 13.7. The Morgan fingerprint density at radius 2 is 2.10 bits per heavy atom. The van der Waals surface area contributed by atoms with Crippen molar-refractivity contribution in [1.82, 2.24) is 5.06 Å². The van der Waals surface area contributed by atoms with Gasteiger partial charge in [-0.15, -0.1) is 16.4 Å². The fraction of sp³-hybridized carbons (Fsp3) is 0.250. The lowest BCUT2D eigenvalue weighted by Crippen LogP contribution is -2.27. The zero-order chi connectivity index (χ0) is 14.4. The quantitative estimate of drug-likeness (QED) is 0.865. The summed E-state index contributed by atoms with van der Waals surface area (Å²) in [4.78, 5) is 7.08. The molecule has 0 saturated carbocycles. The van der Waals surface area contributed by atoms with E-state index in [1.54, 1.807) is 11.3 Å². The van der Waals surface area contributed by atoms with Crippen molar-refractivity contribution in [3.63, 3.8) is 0 Å². The zero-order valence-electron chi connectivity index (χ0n) is 11.3. The summed E-state index contributed by atoms with van der Waals surface area (Å²) in [7, 11) is 0. The van der Waals surface area contributed by atoms with Gasteiger partial charge in [-0.2, -0.15) is 0 Å². The van der Waals surface area contributed by atoms with Gasteiger partial charge in [-0.3, -0.25) is 0 Å². The molecule has 5 heteroatoms. The molecule has 0 bridgehead atoms. The molecule has 2 atom stereocenters. The summed E-state index contributed by atoms with van der Waals surface area (Å²) in [6.45, 7) is 0. The Labute approximate surface area is 136 Å². The number of halogens is 1. The van der Waals surface area contributed by atoms with Crippen LogP contribution in [0.1, 0.15) is 34.5 Å². The molecule has 2 heterocycles. The molecule has 0 radical (unpaired) electrons. The van der Waals surface area contributed by atoms with Gasteiger partial charge in [0.1, 0.15) is 6.04 Å². The van der Waals surface area contributed by atoms with Gasteiger partial charge in [-0.25, -0.2) is 0 Å². The van der Waals surface area contributed by atoms with Gasteiger partial charge in [0.2, 0.25) is 5.88 Å². The molecule has 0 spiro atoms. The molecule has 1 aliphatic carbocycles. The molecule has 0 amide bonds. The predicted molar refractivity (Wildman–Crippen MR) is 87.5 cm³/mol. The van der Waals surface area contributed by atoms with Crippen LogP contribution in [0.2, 0.25) is 0 Å². The molecular weight excluding hydrogens is 348 g/mol. The number of hydrogen-bond donors (Lipinski definition) is 1. The summed E-state index contributed by atoms with van der Waals surface area (Å²) in [5, 5.41) is 2.06. The molecule has 1 aromatic heterocycles. The van der Waals surface area contributed by atoms with Gasteiger partial charge < -0.3 is 10.6 Å². The van der Waals surface area contributed by atoms with E-state index in [4.69, 9.17) is 10.6 Å². The Bertz CT molecular complexity index is 712. The van der Waals surface area contributed by atoms with Gasteiger partial charge in [0.05, 0.1) is 9.83 Å². The summed E-state index contributed by atoms with van der Waals surface area (Å²) in [5.74, 6) is 0.494. The van der Waals surface area contributed by atoms with Crippen molar-refractivity contribution in [2.24, 2.45) is 5.73 Å². The first-order chi connectivity index (χ1) is 10.2. The van der Waals surface area contributed by atoms with E-state index in [1.807, 2.05) is 6.08 Å². The van der Waals surface area contributed by atoms with Gasteiger partial charge in [0.15, 0.2) is 0 Å². The fourth-order valence-corrected chi connectivity index (χ4v) is 4.67. The van der Waals surface area contributed by atoms with Crippen molar-refractivity contribution in [2.45, 2.75) is 24.9 Å². The maximum atomic E-state index is 5.94. The molecule has 21 heavy (non-hydrogen) atoms. The van der Waals surface area contributed by atoms with Crippen LogP contribution in [0.5, 0.6) is 0 Å². The first-order valence-corrected chi connectivity index (χ1v) is 8.60. The van der Waals surface area contributed by atoms with Crippen LogP contribution in [-0.2, 0) is 11.3 Å². The van der Waals surface area contributed by atoms with Gasteiger partial charge in [-0.1, -0.05) is 24.3 Å². The molecule has 0 fully saturated rings.